The topological polar surface area (TPSA) is 41.1 Å². The van der Waals surface area contributed by atoms with Crippen LogP contribution < -0.4 is 10.6 Å². The van der Waals surface area contributed by atoms with E-state index >= 15 is 0 Å². The highest BCUT2D eigenvalue weighted by Crippen LogP contribution is 2.49. The molecule has 0 unspecified atom stereocenters. The van der Waals surface area contributed by atoms with Crippen LogP contribution >= 0.6 is 28.1 Å². The van der Waals surface area contributed by atoms with Crippen molar-refractivity contribution >= 4 is 39.2 Å². The molecule has 3 rings (SSSR count). The molecule has 4 atom stereocenters. The van der Waals surface area contributed by atoms with Crippen molar-refractivity contribution in [1.29, 1.82) is 0 Å². The second-order valence-electron chi connectivity index (χ2n) is 6.53. The van der Waals surface area contributed by atoms with Crippen LogP contribution in [0.2, 0.25) is 0 Å². The van der Waals surface area contributed by atoms with E-state index in [2.05, 4.69) is 33.5 Å². The van der Waals surface area contributed by atoms with Crippen molar-refractivity contribution < 1.29 is 4.79 Å². The predicted molar refractivity (Wildman–Crippen MR) is 95.7 cm³/mol. The molecule has 0 aliphatic heterocycles. The fraction of sp³-hybridized carbons (Fsp3) is 0.529. The van der Waals surface area contributed by atoms with E-state index < -0.39 is 0 Å². The Bertz CT molecular complexity index is 592. The van der Waals surface area contributed by atoms with Gasteiger partial charge in [0.15, 0.2) is 5.11 Å². The Morgan fingerprint density at radius 1 is 1.32 bits per heavy atom. The maximum Gasteiger partial charge on any atom is 0.258 e. The minimum atomic E-state index is -0.176. The first-order valence-electron chi connectivity index (χ1n) is 7.91. The van der Waals surface area contributed by atoms with Gasteiger partial charge in [-0.3, -0.25) is 10.1 Å². The van der Waals surface area contributed by atoms with Crippen molar-refractivity contribution in [3.05, 3.63) is 34.3 Å². The van der Waals surface area contributed by atoms with Crippen LogP contribution in [0.15, 0.2) is 28.7 Å². The molecule has 3 nitrogen and oxygen atoms in total. The van der Waals surface area contributed by atoms with E-state index in [1.165, 1.54) is 25.7 Å². The molecule has 0 aromatic heterocycles. The molecule has 2 fully saturated rings. The van der Waals surface area contributed by atoms with Crippen molar-refractivity contribution in [2.75, 3.05) is 0 Å². The zero-order valence-electron chi connectivity index (χ0n) is 12.6. The Labute approximate surface area is 145 Å². The van der Waals surface area contributed by atoms with Crippen molar-refractivity contribution in [2.24, 2.45) is 17.8 Å². The van der Waals surface area contributed by atoms with Crippen LogP contribution in [0.1, 0.15) is 43.0 Å². The molecule has 1 amide bonds. The monoisotopic (exact) mass is 380 g/mol. The molecular formula is C17H21BrN2OS. The summed E-state index contributed by atoms with van der Waals surface area (Å²) in [5, 5.41) is 6.52. The maximum atomic E-state index is 12.2. The number of carbonyl (C=O) groups is 1. The highest BCUT2D eigenvalue weighted by molar-refractivity contribution is 9.10. The van der Waals surface area contributed by atoms with Crippen LogP contribution in [-0.2, 0) is 0 Å². The first-order chi connectivity index (χ1) is 10.5. The first-order valence-corrected chi connectivity index (χ1v) is 9.11. The molecule has 2 bridgehead atoms. The summed E-state index contributed by atoms with van der Waals surface area (Å²) in [7, 11) is 0. The lowest BCUT2D eigenvalue weighted by atomic mass is 9.84. The number of hydrogen-bond donors (Lipinski definition) is 2. The molecule has 0 radical (unpaired) electrons. The van der Waals surface area contributed by atoms with Gasteiger partial charge in [-0.15, -0.1) is 0 Å². The zero-order valence-corrected chi connectivity index (χ0v) is 15.0. The number of carbonyl (C=O) groups excluding carboxylic acids is 1. The van der Waals surface area contributed by atoms with E-state index in [0.29, 0.717) is 22.6 Å². The smallest absolute Gasteiger partial charge is 0.258 e. The molecule has 118 valence electrons. The molecule has 1 aromatic rings. The molecular weight excluding hydrogens is 360 g/mol. The van der Waals surface area contributed by atoms with Crippen LogP contribution in [0.3, 0.4) is 0 Å². The molecule has 22 heavy (non-hydrogen) atoms. The number of fused-ring (bicyclic) bond motifs is 2. The number of thiocarbonyl (C=S) groups is 1. The number of halogens is 1. The quantitative estimate of drug-likeness (QED) is 0.781. The maximum absolute atomic E-state index is 12.2. The molecule has 2 N–H and O–H groups in total. The Morgan fingerprint density at radius 2 is 2.09 bits per heavy atom. The molecule has 0 heterocycles. The third-order valence-corrected chi connectivity index (χ3v) is 6.05. The summed E-state index contributed by atoms with van der Waals surface area (Å²) in [4.78, 5) is 12.2. The molecule has 1 aromatic carbocycles. The molecule has 0 spiro atoms. The van der Waals surface area contributed by atoms with Crippen molar-refractivity contribution in [3.8, 4) is 0 Å². The van der Waals surface area contributed by atoms with Crippen molar-refractivity contribution in [1.82, 2.24) is 10.6 Å². The van der Waals surface area contributed by atoms with Gasteiger partial charge in [0.05, 0.1) is 5.56 Å². The lowest BCUT2D eigenvalue weighted by molar-refractivity contribution is 0.0975. The zero-order chi connectivity index (χ0) is 15.7. The summed E-state index contributed by atoms with van der Waals surface area (Å²) in [6, 6.07) is 7.68. The highest BCUT2D eigenvalue weighted by Gasteiger charge is 2.41. The van der Waals surface area contributed by atoms with Gasteiger partial charge >= 0.3 is 0 Å². The van der Waals surface area contributed by atoms with Crippen LogP contribution in [0, 0.1) is 17.8 Å². The SMILES string of the molecule is C[C@@H](NC(=S)NC(=O)c1ccccc1Br)[C@@H]1C[C@H]2CC[C@H]1C2. The summed E-state index contributed by atoms with van der Waals surface area (Å²) < 4.78 is 0.774. The summed E-state index contributed by atoms with van der Waals surface area (Å²) in [6.07, 6.45) is 5.45. The molecule has 0 saturated heterocycles. The van der Waals surface area contributed by atoms with Crippen LogP contribution in [-0.4, -0.2) is 17.1 Å². The molecule has 2 aliphatic rings. The molecule has 2 aliphatic carbocycles. The minimum Gasteiger partial charge on any atom is -0.360 e. The van der Waals surface area contributed by atoms with E-state index in [4.69, 9.17) is 12.2 Å². The van der Waals surface area contributed by atoms with E-state index in [-0.39, 0.29) is 5.91 Å². The average molecular weight is 381 g/mol. The van der Waals surface area contributed by atoms with Crippen molar-refractivity contribution in [2.45, 2.75) is 38.6 Å². The van der Waals surface area contributed by atoms with Gasteiger partial charge in [-0.05, 0) is 84.2 Å². The van der Waals surface area contributed by atoms with Gasteiger partial charge < -0.3 is 5.32 Å². The van der Waals surface area contributed by atoms with E-state index in [1.807, 2.05) is 18.2 Å². The van der Waals surface area contributed by atoms with E-state index in [9.17, 15) is 4.79 Å². The summed E-state index contributed by atoms with van der Waals surface area (Å²) in [5.74, 6) is 2.28. The Balaban J connectivity index is 1.54. The van der Waals surface area contributed by atoms with Gasteiger partial charge in [-0.2, -0.15) is 0 Å². The van der Waals surface area contributed by atoms with Gasteiger partial charge in [0, 0.05) is 10.5 Å². The number of amides is 1. The number of hydrogen-bond acceptors (Lipinski definition) is 2. The van der Waals surface area contributed by atoms with E-state index in [0.717, 1.165) is 16.3 Å². The van der Waals surface area contributed by atoms with Gasteiger partial charge in [-0.25, -0.2) is 0 Å². The second kappa shape index (κ2) is 6.67. The van der Waals surface area contributed by atoms with Crippen LogP contribution in [0.4, 0.5) is 0 Å². The number of nitrogens with one attached hydrogen (secondary N) is 2. The Morgan fingerprint density at radius 3 is 2.73 bits per heavy atom. The number of benzene rings is 1. The fourth-order valence-electron chi connectivity index (χ4n) is 4.07. The largest absolute Gasteiger partial charge is 0.360 e. The van der Waals surface area contributed by atoms with Crippen molar-refractivity contribution in [3.63, 3.8) is 0 Å². The summed E-state index contributed by atoms with van der Waals surface area (Å²) in [6.45, 7) is 2.18. The summed E-state index contributed by atoms with van der Waals surface area (Å²) in [5.41, 5.74) is 0.597. The third kappa shape index (κ3) is 3.35. The minimum absolute atomic E-state index is 0.176. The first kappa shape index (κ1) is 15.9. The van der Waals surface area contributed by atoms with Crippen LogP contribution in [0.25, 0.3) is 0 Å². The highest BCUT2D eigenvalue weighted by atomic mass is 79.9. The average Bonchev–Trinajstić information content (AvgIpc) is 3.10. The lowest BCUT2D eigenvalue weighted by Gasteiger charge is -2.29. The Hall–Kier alpha value is -0.940. The lowest BCUT2D eigenvalue weighted by Crippen LogP contribution is -2.46. The Kier molecular flexibility index (Phi) is 4.83. The second-order valence-corrected chi connectivity index (χ2v) is 7.80. The summed E-state index contributed by atoms with van der Waals surface area (Å²) >= 11 is 8.70. The molecule has 2 saturated carbocycles. The van der Waals surface area contributed by atoms with Gasteiger partial charge in [0.25, 0.3) is 5.91 Å². The van der Waals surface area contributed by atoms with Crippen LogP contribution in [0.5, 0.6) is 0 Å². The third-order valence-electron chi connectivity index (χ3n) is 5.14. The van der Waals surface area contributed by atoms with Gasteiger partial charge in [0.1, 0.15) is 0 Å². The molecule has 5 heteroatoms. The predicted octanol–water partition coefficient (Wildman–Crippen LogP) is 3.88. The standard InChI is InChI=1S/C17H21BrN2OS/c1-10(14-9-11-6-7-12(14)8-11)19-17(22)20-16(21)13-4-2-3-5-15(13)18/h2-5,10-12,14H,6-9H2,1H3,(H2,19,20,21,22)/t10-,11+,12+,14+/m1/s1. The van der Waals surface area contributed by atoms with Gasteiger partial charge in [-0.1, -0.05) is 18.6 Å². The fourth-order valence-corrected chi connectivity index (χ4v) is 4.82. The normalized spacial score (nSPS) is 27.5. The van der Waals surface area contributed by atoms with E-state index in [1.54, 1.807) is 6.07 Å². The van der Waals surface area contributed by atoms with Gasteiger partial charge in [0.2, 0.25) is 0 Å². The number of rotatable bonds is 3.